The highest BCUT2D eigenvalue weighted by molar-refractivity contribution is 6.31. The highest BCUT2D eigenvalue weighted by Gasteiger charge is 2.21. The number of rotatable bonds is 4. The zero-order valence-corrected chi connectivity index (χ0v) is 13.4. The number of carbonyl (C=O) groups is 1. The quantitative estimate of drug-likeness (QED) is 0.927. The third-order valence-corrected chi connectivity index (χ3v) is 3.91. The average molecular weight is 313 g/mol. The molecule has 1 heterocycles. The minimum absolute atomic E-state index is 0.0554. The molecule has 1 saturated heterocycles. The summed E-state index contributed by atoms with van der Waals surface area (Å²) in [6.45, 7) is 5.98. The molecular formula is C15H21ClN2O3. The van der Waals surface area contributed by atoms with Crippen LogP contribution >= 0.6 is 11.6 Å². The maximum Gasteiger partial charge on any atom is 0.242 e. The van der Waals surface area contributed by atoms with Crippen molar-refractivity contribution in [3.8, 4) is 5.75 Å². The summed E-state index contributed by atoms with van der Waals surface area (Å²) < 4.78 is 10.7. The van der Waals surface area contributed by atoms with Crippen LogP contribution in [0.2, 0.25) is 5.02 Å². The fraction of sp³-hybridized carbons (Fsp3) is 0.533. The third-order valence-electron chi connectivity index (χ3n) is 3.50. The normalized spacial score (nSPS) is 18.5. The lowest BCUT2D eigenvalue weighted by Crippen LogP contribution is -2.46. The Bertz CT molecular complexity index is 522. The molecule has 0 radical (unpaired) electrons. The van der Waals surface area contributed by atoms with Crippen molar-refractivity contribution >= 4 is 23.2 Å². The molecule has 0 aromatic heterocycles. The summed E-state index contributed by atoms with van der Waals surface area (Å²) >= 11 is 6.07. The Balaban J connectivity index is 1.99. The van der Waals surface area contributed by atoms with E-state index in [1.54, 1.807) is 13.2 Å². The van der Waals surface area contributed by atoms with E-state index in [1.165, 1.54) is 0 Å². The van der Waals surface area contributed by atoms with E-state index >= 15 is 0 Å². The fourth-order valence-corrected chi connectivity index (χ4v) is 2.45. The summed E-state index contributed by atoms with van der Waals surface area (Å²) in [5.41, 5.74) is 1.71. The van der Waals surface area contributed by atoms with Gasteiger partial charge < -0.3 is 19.7 Å². The molecule has 1 N–H and O–H groups in total. The summed E-state index contributed by atoms with van der Waals surface area (Å²) in [6, 6.07) is 3.64. The molecule has 6 heteroatoms. The summed E-state index contributed by atoms with van der Waals surface area (Å²) in [6.07, 6.45) is 0.0926. The zero-order valence-electron chi connectivity index (χ0n) is 12.6. The van der Waals surface area contributed by atoms with Crippen molar-refractivity contribution in [3.63, 3.8) is 0 Å². The van der Waals surface area contributed by atoms with E-state index in [4.69, 9.17) is 21.1 Å². The van der Waals surface area contributed by atoms with Gasteiger partial charge >= 0.3 is 0 Å². The van der Waals surface area contributed by atoms with Crippen LogP contribution in [0.1, 0.15) is 12.5 Å². The number of benzene rings is 1. The number of methoxy groups -OCH3 is 1. The number of hydrogen-bond acceptors (Lipinski definition) is 4. The topological polar surface area (TPSA) is 50.8 Å². The molecule has 1 aromatic rings. The average Bonchev–Trinajstić information content (AvgIpc) is 2.47. The molecule has 2 rings (SSSR count). The van der Waals surface area contributed by atoms with Crippen LogP contribution in [0.4, 0.5) is 5.69 Å². The third kappa shape index (κ3) is 4.02. The molecule has 1 atom stereocenters. The molecule has 1 fully saturated rings. The van der Waals surface area contributed by atoms with Crippen molar-refractivity contribution in [1.29, 1.82) is 0 Å². The van der Waals surface area contributed by atoms with Gasteiger partial charge in [0.05, 0.1) is 32.1 Å². The second-order valence-electron chi connectivity index (χ2n) is 5.18. The Hall–Kier alpha value is -1.46. The Morgan fingerprint density at radius 3 is 3.00 bits per heavy atom. The molecule has 1 amide bonds. The Kier molecular flexibility index (Phi) is 5.31. The van der Waals surface area contributed by atoms with Crippen molar-refractivity contribution < 1.29 is 14.3 Å². The molecule has 1 aliphatic heterocycles. The number of morpholine rings is 1. The second-order valence-corrected chi connectivity index (χ2v) is 5.58. The lowest BCUT2D eigenvalue weighted by atomic mass is 10.2. The number of nitrogens with one attached hydrogen (secondary N) is 1. The van der Waals surface area contributed by atoms with Gasteiger partial charge in [-0.05, 0) is 25.5 Å². The van der Waals surface area contributed by atoms with Crippen LogP contribution in [-0.2, 0) is 9.53 Å². The summed E-state index contributed by atoms with van der Waals surface area (Å²) in [5.74, 6) is 0.688. The first kappa shape index (κ1) is 15.9. The van der Waals surface area contributed by atoms with Crippen LogP contribution in [0, 0.1) is 6.92 Å². The minimum atomic E-state index is 0.0554. The number of hydrogen-bond donors (Lipinski definition) is 1. The number of aryl methyl sites for hydroxylation is 1. The molecule has 116 valence electrons. The van der Waals surface area contributed by atoms with Crippen molar-refractivity contribution in [2.45, 2.75) is 20.0 Å². The molecule has 1 aliphatic rings. The SMILES string of the molecule is COc1cc(Cl)c(C)cc1NCC(=O)N1CCO[C@@H](C)C1. The molecule has 1 aromatic carbocycles. The molecule has 0 aliphatic carbocycles. The van der Waals surface area contributed by atoms with E-state index in [9.17, 15) is 4.79 Å². The van der Waals surface area contributed by atoms with Gasteiger partial charge in [0, 0.05) is 24.2 Å². The first-order valence-electron chi connectivity index (χ1n) is 6.98. The number of amides is 1. The number of ether oxygens (including phenoxy) is 2. The number of nitrogens with zero attached hydrogens (tertiary/aromatic N) is 1. The van der Waals surface area contributed by atoms with Crippen LogP contribution in [-0.4, -0.2) is 50.3 Å². The standard InChI is InChI=1S/C15H21ClN2O3/c1-10-6-13(14(20-3)7-12(10)16)17-8-15(19)18-4-5-21-11(2)9-18/h6-7,11,17H,4-5,8-9H2,1-3H3/t11-/m0/s1. The molecule has 5 nitrogen and oxygen atoms in total. The summed E-state index contributed by atoms with van der Waals surface area (Å²) in [4.78, 5) is 14.0. The lowest BCUT2D eigenvalue weighted by Gasteiger charge is -2.31. The van der Waals surface area contributed by atoms with E-state index in [1.807, 2.05) is 24.8 Å². The van der Waals surface area contributed by atoms with Gasteiger partial charge in [-0.3, -0.25) is 4.79 Å². The first-order valence-corrected chi connectivity index (χ1v) is 7.36. The van der Waals surface area contributed by atoms with Gasteiger partial charge in [-0.2, -0.15) is 0 Å². The van der Waals surface area contributed by atoms with Crippen LogP contribution < -0.4 is 10.1 Å². The van der Waals surface area contributed by atoms with Crippen LogP contribution in [0.15, 0.2) is 12.1 Å². The molecule has 0 bridgehead atoms. The van der Waals surface area contributed by atoms with E-state index in [0.717, 1.165) is 11.3 Å². The van der Waals surface area contributed by atoms with Crippen LogP contribution in [0.5, 0.6) is 5.75 Å². The Labute approximate surface area is 130 Å². The van der Waals surface area contributed by atoms with Crippen molar-refractivity contribution in [1.82, 2.24) is 4.90 Å². The van der Waals surface area contributed by atoms with E-state index in [0.29, 0.717) is 30.5 Å². The fourth-order valence-electron chi connectivity index (χ4n) is 2.30. The first-order chi connectivity index (χ1) is 10.0. The van der Waals surface area contributed by atoms with E-state index in [-0.39, 0.29) is 18.6 Å². The monoisotopic (exact) mass is 312 g/mol. The molecule has 21 heavy (non-hydrogen) atoms. The van der Waals surface area contributed by atoms with Gasteiger partial charge in [0.15, 0.2) is 0 Å². The van der Waals surface area contributed by atoms with Crippen LogP contribution in [0.3, 0.4) is 0 Å². The highest BCUT2D eigenvalue weighted by atomic mass is 35.5. The molecule has 0 saturated carbocycles. The van der Waals surface area contributed by atoms with E-state index in [2.05, 4.69) is 5.32 Å². The van der Waals surface area contributed by atoms with Gasteiger partial charge in [0.1, 0.15) is 5.75 Å². The maximum atomic E-state index is 12.2. The summed E-state index contributed by atoms with van der Waals surface area (Å²) in [5, 5.41) is 3.77. The zero-order chi connectivity index (χ0) is 15.4. The van der Waals surface area contributed by atoms with Gasteiger partial charge in [0.25, 0.3) is 0 Å². The lowest BCUT2D eigenvalue weighted by molar-refractivity contribution is -0.136. The van der Waals surface area contributed by atoms with Gasteiger partial charge in [-0.15, -0.1) is 0 Å². The second kappa shape index (κ2) is 7.00. The number of carbonyl (C=O) groups excluding carboxylic acids is 1. The van der Waals surface area contributed by atoms with Crippen molar-refractivity contribution in [2.75, 3.05) is 38.7 Å². The predicted molar refractivity (Wildman–Crippen MR) is 83.2 cm³/mol. The van der Waals surface area contributed by atoms with Gasteiger partial charge in [0.2, 0.25) is 5.91 Å². The Morgan fingerprint density at radius 2 is 2.33 bits per heavy atom. The van der Waals surface area contributed by atoms with Crippen molar-refractivity contribution in [2.24, 2.45) is 0 Å². The minimum Gasteiger partial charge on any atom is -0.495 e. The van der Waals surface area contributed by atoms with Crippen molar-refractivity contribution in [3.05, 3.63) is 22.7 Å². The largest absolute Gasteiger partial charge is 0.495 e. The number of anilines is 1. The summed E-state index contributed by atoms with van der Waals surface area (Å²) in [7, 11) is 1.58. The highest BCUT2D eigenvalue weighted by Crippen LogP contribution is 2.30. The maximum absolute atomic E-state index is 12.2. The van der Waals surface area contributed by atoms with Crippen LogP contribution in [0.25, 0.3) is 0 Å². The smallest absolute Gasteiger partial charge is 0.242 e. The van der Waals surface area contributed by atoms with E-state index < -0.39 is 0 Å². The van der Waals surface area contributed by atoms with Gasteiger partial charge in [-0.25, -0.2) is 0 Å². The molecule has 0 unspecified atom stereocenters. The molecule has 0 spiro atoms. The predicted octanol–water partition coefficient (Wildman–Crippen LogP) is 2.32. The Morgan fingerprint density at radius 1 is 1.57 bits per heavy atom. The number of halogens is 1. The molecular weight excluding hydrogens is 292 g/mol. The van der Waals surface area contributed by atoms with Gasteiger partial charge in [-0.1, -0.05) is 11.6 Å².